The third-order valence-electron chi connectivity index (χ3n) is 3.68. The summed E-state index contributed by atoms with van der Waals surface area (Å²) in [5.41, 5.74) is 0.784. The van der Waals surface area contributed by atoms with Crippen LogP contribution in [0.25, 0.3) is 10.8 Å². The molecule has 112 valence electrons. The van der Waals surface area contributed by atoms with Gasteiger partial charge in [0.2, 0.25) is 5.91 Å². The Morgan fingerprint density at radius 2 is 2.14 bits per heavy atom. The highest BCUT2D eigenvalue weighted by molar-refractivity contribution is 7.15. The summed E-state index contributed by atoms with van der Waals surface area (Å²) in [4.78, 5) is 18.2. The third kappa shape index (κ3) is 2.85. The molecule has 5 nitrogen and oxygen atoms in total. The van der Waals surface area contributed by atoms with Crippen LogP contribution >= 0.6 is 11.3 Å². The van der Waals surface area contributed by atoms with Crippen molar-refractivity contribution in [2.45, 2.75) is 52.0 Å². The van der Waals surface area contributed by atoms with Gasteiger partial charge in [-0.3, -0.25) is 4.79 Å². The van der Waals surface area contributed by atoms with Crippen LogP contribution in [-0.2, 0) is 23.2 Å². The first-order valence-electron chi connectivity index (χ1n) is 7.20. The van der Waals surface area contributed by atoms with Crippen LogP contribution in [0.4, 0.5) is 0 Å². The summed E-state index contributed by atoms with van der Waals surface area (Å²) in [5.74, 6) is 0.930. The number of carbonyl (C=O) groups excluding carboxylic acids is 1. The second kappa shape index (κ2) is 5.26. The van der Waals surface area contributed by atoms with Crippen molar-refractivity contribution < 1.29 is 9.32 Å². The van der Waals surface area contributed by atoms with Crippen molar-refractivity contribution in [2.75, 3.05) is 0 Å². The molecule has 1 aliphatic carbocycles. The number of thiophene rings is 1. The third-order valence-corrected chi connectivity index (χ3v) is 4.91. The van der Waals surface area contributed by atoms with E-state index in [0.717, 1.165) is 17.7 Å². The smallest absolute Gasteiger partial charge is 0.268 e. The molecule has 0 saturated carbocycles. The van der Waals surface area contributed by atoms with Crippen LogP contribution in [0.3, 0.4) is 0 Å². The molecular formula is C15H19N3O2S. The van der Waals surface area contributed by atoms with Gasteiger partial charge in [0.15, 0.2) is 5.82 Å². The SMILES string of the molecule is CC(=O)NC(C)(C)c1noc(-c2cc3c(s2)CCCC3)n1. The average molecular weight is 305 g/mol. The van der Waals surface area contributed by atoms with Crippen molar-refractivity contribution in [3.05, 3.63) is 22.3 Å². The highest BCUT2D eigenvalue weighted by Crippen LogP contribution is 2.35. The predicted molar refractivity (Wildman–Crippen MR) is 81.1 cm³/mol. The maximum absolute atomic E-state index is 11.2. The van der Waals surface area contributed by atoms with Gasteiger partial charge in [-0.25, -0.2) is 0 Å². The van der Waals surface area contributed by atoms with Gasteiger partial charge in [0.25, 0.3) is 5.89 Å². The Balaban J connectivity index is 1.88. The maximum Gasteiger partial charge on any atom is 0.268 e. The Bertz CT molecular complexity index is 649. The van der Waals surface area contributed by atoms with Gasteiger partial charge < -0.3 is 9.84 Å². The zero-order valence-electron chi connectivity index (χ0n) is 12.5. The molecule has 0 aliphatic heterocycles. The van der Waals surface area contributed by atoms with E-state index in [4.69, 9.17) is 4.52 Å². The maximum atomic E-state index is 11.2. The molecular weight excluding hydrogens is 286 g/mol. The molecule has 2 aromatic heterocycles. The molecule has 0 spiro atoms. The number of hydrogen-bond acceptors (Lipinski definition) is 5. The van der Waals surface area contributed by atoms with Crippen LogP contribution in [-0.4, -0.2) is 16.0 Å². The molecule has 3 rings (SSSR count). The lowest BCUT2D eigenvalue weighted by molar-refractivity contribution is -0.120. The Hall–Kier alpha value is -1.69. The minimum absolute atomic E-state index is 0.113. The van der Waals surface area contributed by atoms with Crippen molar-refractivity contribution in [3.63, 3.8) is 0 Å². The lowest BCUT2D eigenvalue weighted by Crippen LogP contribution is -2.40. The molecule has 1 aliphatic rings. The van der Waals surface area contributed by atoms with E-state index in [1.807, 2.05) is 13.8 Å². The first-order valence-corrected chi connectivity index (χ1v) is 8.02. The summed E-state index contributed by atoms with van der Waals surface area (Å²) in [5, 5.41) is 6.86. The number of nitrogens with zero attached hydrogens (tertiary/aromatic N) is 2. The first-order chi connectivity index (χ1) is 9.95. The summed E-state index contributed by atoms with van der Waals surface area (Å²) < 4.78 is 5.39. The highest BCUT2D eigenvalue weighted by Gasteiger charge is 2.28. The Labute approximate surface area is 127 Å². The second-order valence-corrected chi connectivity index (χ2v) is 7.13. The quantitative estimate of drug-likeness (QED) is 0.946. The zero-order chi connectivity index (χ0) is 15.0. The van der Waals surface area contributed by atoms with E-state index in [2.05, 4.69) is 21.5 Å². The molecule has 2 heterocycles. The van der Waals surface area contributed by atoms with Crippen LogP contribution in [0.15, 0.2) is 10.6 Å². The summed E-state index contributed by atoms with van der Waals surface area (Å²) in [7, 11) is 0. The van der Waals surface area contributed by atoms with E-state index in [-0.39, 0.29) is 5.91 Å². The molecule has 1 amide bonds. The largest absolute Gasteiger partial charge is 0.344 e. The molecule has 6 heteroatoms. The number of fused-ring (bicyclic) bond motifs is 1. The first kappa shape index (κ1) is 14.3. The fraction of sp³-hybridized carbons (Fsp3) is 0.533. The summed E-state index contributed by atoms with van der Waals surface area (Å²) in [6.45, 7) is 5.21. The molecule has 0 bridgehead atoms. The zero-order valence-corrected chi connectivity index (χ0v) is 13.3. The van der Waals surface area contributed by atoms with E-state index in [1.165, 1.54) is 30.2 Å². The average Bonchev–Trinajstić information content (AvgIpc) is 3.04. The van der Waals surface area contributed by atoms with Crippen molar-refractivity contribution in [1.82, 2.24) is 15.5 Å². The lowest BCUT2D eigenvalue weighted by Gasteiger charge is -2.20. The van der Waals surface area contributed by atoms with Gasteiger partial charge >= 0.3 is 0 Å². The van der Waals surface area contributed by atoms with E-state index < -0.39 is 5.54 Å². The molecule has 0 fully saturated rings. The van der Waals surface area contributed by atoms with E-state index in [1.54, 1.807) is 11.3 Å². The van der Waals surface area contributed by atoms with Gasteiger partial charge in [-0.1, -0.05) is 5.16 Å². The van der Waals surface area contributed by atoms with Crippen LogP contribution in [0.1, 0.15) is 49.9 Å². The Morgan fingerprint density at radius 1 is 1.38 bits per heavy atom. The number of amides is 1. The Kier molecular flexibility index (Phi) is 3.57. The fourth-order valence-corrected chi connectivity index (χ4v) is 3.84. The van der Waals surface area contributed by atoms with Crippen molar-refractivity contribution in [2.24, 2.45) is 0 Å². The van der Waals surface area contributed by atoms with Crippen LogP contribution in [0, 0.1) is 0 Å². The number of hydrogen-bond donors (Lipinski definition) is 1. The van der Waals surface area contributed by atoms with E-state index in [9.17, 15) is 4.79 Å². The molecule has 0 atom stereocenters. The summed E-state index contributed by atoms with van der Waals surface area (Å²) >= 11 is 1.74. The van der Waals surface area contributed by atoms with E-state index in [0.29, 0.717) is 11.7 Å². The molecule has 2 aromatic rings. The Morgan fingerprint density at radius 3 is 2.86 bits per heavy atom. The molecule has 0 aromatic carbocycles. The van der Waals surface area contributed by atoms with E-state index >= 15 is 0 Å². The molecule has 0 unspecified atom stereocenters. The lowest BCUT2D eigenvalue weighted by atomic mass is 9.99. The minimum Gasteiger partial charge on any atom is -0.344 e. The monoisotopic (exact) mass is 305 g/mol. The van der Waals surface area contributed by atoms with Gasteiger partial charge in [-0.15, -0.1) is 11.3 Å². The highest BCUT2D eigenvalue weighted by atomic mass is 32.1. The van der Waals surface area contributed by atoms with Crippen molar-refractivity contribution in [3.8, 4) is 10.8 Å². The van der Waals surface area contributed by atoms with Crippen LogP contribution in [0.2, 0.25) is 0 Å². The van der Waals surface area contributed by atoms with Gasteiger partial charge in [0.05, 0.1) is 10.4 Å². The second-order valence-electron chi connectivity index (χ2n) is 6.00. The number of carbonyl (C=O) groups is 1. The normalized spacial score (nSPS) is 14.8. The fourth-order valence-electron chi connectivity index (χ4n) is 2.67. The van der Waals surface area contributed by atoms with Gasteiger partial charge in [0, 0.05) is 11.8 Å². The molecule has 0 radical (unpaired) electrons. The number of rotatable bonds is 3. The topological polar surface area (TPSA) is 68.0 Å². The molecule has 0 saturated heterocycles. The molecule has 1 N–H and O–H groups in total. The van der Waals surface area contributed by atoms with Gasteiger partial charge in [-0.05, 0) is 51.2 Å². The summed E-state index contributed by atoms with van der Waals surface area (Å²) in [6.07, 6.45) is 4.81. The predicted octanol–water partition coefficient (Wildman–Crippen LogP) is 3.05. The molecule has 21 heavy (non-hydrogen) atoms. The number of aromatic nitrogens is 2. The van der Waals surface area contributed by atoms with Gasteiger partial charge in [0.1, 0.15) is 0 Å². The minimum atomic E-state index is -0.634. The van der Waals surface area contributed by atoms with Crippen molar-refractivity contribution in [1.29, 1.82) is 0 Å². The van der Waals surface area contributed by atoms with Crippen LogP contribution in [0.5, 0.6) is 0 Å². The summed E-state index contributed by atoms with van der Waals surface area (Å²) in [6, 6.07) is 2.17. The van der Waals surface area contributed by atoms with Gasteiger partial charge in [-0.2, -0.15) is 4.98 Å². The standard InChI is InChI=1S/C15H19N3O2S/c1-9(19)17-15(2,3)14-16-13(20-18-14)12-8-10-6-4-5-7-11(10)21-12/h8H,4-7H2,1-3H3,(H,17,19). The number of aryl methyl sites for hydroxylation is 2. The van der Waals surface area contributed by atoms with Crippen LogP contribution < -0.4 is 5.32 Å². The number of nitrogens with one attached hydrogen (secondary N) is 1. The van der Waals surface area contributed by atoms with Crippen molar-refractivity contribution >= 4 is 17.2 Å².